The van der Waals surface area contributed by atoms with E-state index in [1.54, 1.807) is 13.2 Å². The van der Waals surface area contributed by atoms with Crippen molar-refractivity contribution in [1.82, 2.24) is 25.1 Å². The number of likely N-dealkylation sites (tertiary alicyclic amines) is 1. The fraction of sp³-hybridized carbons (Fsp3) is 0.688. The Morgan fingerprint density at radius 2 is 2.17 bits per heavy atom. The summed E-state index contributed by atoms with van der Waals surface area (Å²) in [5.41, 5.74) is 0. The summed E-state index contributed by atoms with van der Waals surface area (Å²) in [6.07, 6.45) is 9.38. The zero-order chi connectivity index (χ0) is 16.5. The van der Waals surface area contributed by atoms with Gasteiger partial charge in [0.05, 0.1) is 6.33 Å². The highest BCUT2D eigenvalue weighted by molar-refractivity contribution is 5.80. The monoisotopic (exact) mass is 320 g/mol. The average molecular weight is 320 g/mol. The molecule has 1 aliphatic rings. The summed E-state index contributed by atoms with van der Waals surface area (Å²) < 4.78 is 2.08. The molecule has 7 heteroatoms. The van der Waals surface area contributed by atoms with Gasteiger partial charge in [-0.1, -0.05) is 0 Å². The molecule has 0 aromatic carbocycles. The lowest BCUT2D eigenvalue weighted by Gasteiger charge is -2.34. The van der Waals surface area contributed by atoms with Crippen LogP contribution in [0, 0.1) is 5.92 Å². The number of hydrogen-bond acceptors (Lipinski definition) is 3. The second kappa shape index (κ2) is 9.17. The molecule has 128 valence electrons. The quantitative estimate of drug-likeness (QED) is 0.460. The summed E-state index contributed by atoms with van der Waals surface area (Å²) in [6.45, 7) is 3.77. The minimum atomic E-state index is 0.144. The van der Waals surface area contributed by atoms with Gasteiger partial charge in [-0.05, 0) is 25.2 Å². The Morgan fingerprint density at radius 1 is 1.39 bits per heavy atom. The van der Waals surface area contributed by atoms with Gasteiger partial charge in [-0.25, -0.2) is 4.98 Å². The van der Waals surface area contributed by atoms with Crippen LogP contribution in [0.1, 0.15) is 25.7 Å². The molecule has 2 heterocycles. The molecule has 1 aromatic rings. The second-order valence-electron chi connectivity index (χ2n) is 5.94. The van der Waals surface area contributed by atoms with E-state index >= 15 is 0 Å². The van der Waals surface area contributed by atoms with Crippen LogP contribution in [0.15, 0.2) is 23.7 Å². The van der Waals surface area contributed by atoms with Crippen molar-refractivity contribution in [2.24, 2.45) is 10.9 Å². The SMILES string of the molecule is CN=C(NCCCn1ccnc1)N1CCC(CC(=O)NC)CC1. The smallest absolute Gasteiger partial charge is 0.220 e. The summed E-state index contributed by atoms with van der Waals surface area (Å²) in [7, 11) is 3.53. The molecule has 0 spiro atoms. The van der Waals surface area contributed by atoms with E-state index in [9.17, 15) is 4.79 Å². The van der Waals surface area contributed by atoms with E-state index in [0.29, 0.717) is 12.3 Å². The van der Waals surface area contributed by atoms with Crippen LogP contribution in [-0.2, 0) is 11.3 Å². The normalized spacial score (nSPS) is 16.4. The Balaban J connectivity index is 1.67. The molecule has 0 atom stereocenters. The number of nitrogens with zero attached hydrogens (tertiary/aromatic N) is 4. The van der Waals surface area contributed by atoms with Crippen LogP contribution in [0.4, 0.5) is 0 Å². The van der Waals surface area contributed by atoms with Gasteiger partial charge in [-0.3, -0.25) is 9.79 Å². The second-order valence-corrected chi connectivity index (χ2v) is 5.94. The molecule has 7 nitrogen and oxygen atoms in total. The molecule has 1 aliphatic heterocycles. The maximum atomic E-state index is 11.5. The molecule has 0 radical (unpaired) electrons. The van der Waals surface area contributed by atoms with Crippen LogP contribution in [0.5, 0.6) is 0 Å². The van der Waals surface area contributed by atoms with Crippen molar-refractivity contribution in [2.75, 3.05) is 33.7 Å². The zero-order valence-electron chi connectivity index (χ0n) is 14.2. The average Bonchev–Trinajstić information content (AvgIpc) is 3.09. The van der Waals surface area contributed by atoms with E-state index in [4.69, 9.17) is 0 Å². The fourth-order valence-electron chi connectivity index (χ4n) is 2.93. The largest absolute Gasteiger partial charge is 0.359 e. The van der Waals surface area contributed by atoms with Crippen molar-refractivity contribution in [2.45, 2.75) is 32.2 Å². The third-order valence-electron chi connectivity index (χ3n) is 4.31. The van der Waals surface area contributed by atoms with Gasteiger partial charge >= 0.3 is 0 Å². The van der Waals surface area contributed by atoms with Gasteiger partial charge in [-0.15, -0.1) is 0 Å². The summed E-state index contributed by atoms with van der Waals surface area (Å²) in [5.74, 6) is 1.60. The first-order valence-electron chi connectivity index (χ1n) is 8.35. The summed E-state index contributed by atoms with van der Waals surface area (Å²) in [6, 6.07) is 0. The Kier molecular flexibility index (Phi) is 6.90. The van der Waals surface area contributed by atoms with E-state index in [1.165, 1.54) is 0 Å². The van der Waals surface area contributed by atoms with Crippen LogP contribution < -0.4 is 10.6 Å². The Bertz CT molecular complexity index is 491. The fourth-order valence-corrected chi connectivity index (χ4v) is 2.93. The number of carbonyl (C=O) groups is 1. The molecular formula is C16H28N6O. The van der Waals surface area contributed by atoms with E-state index in [1.807, 2.05) is 19.6 Å². The highest BCUT2D eigenvalue weighted by Gasteiger charge is 2.22. The Labute approximate surface area is 138 Å². The molecule has 2 rings (SSSR count). The van der Waals surface area contributed by atoms with E-state index in [-0.39, 0.29) is 5.91 Å². The number of carbonyl (C=O) groups excluding carboxylic acids is 1. The number of aromatic nitrogens is 2. The highest BCUT2D eigenvalue weighted by Crippen LogP contribution is 2.20. The van der Waals surface area contributed by atoms with Crippen molar-refractivity contribution in [3.05, 3.63) is 18.7 Å². The number of piperidine rings is 1. The first-order valence-corrected chi connectivity index (χ1v) is 8.35. The lowest BCUT2D eigenvalue weighted by molar-refractivity contribution is -0.121. The molecule has 1 fully saturated rings. The van der Waals surface area contributed by atoms with Crippen LogP contribution >= 0.6 is 0 Å². The van der Waals surface area contributed by atoms with Gasteiger partial charge in [0.1, 0.15) is 0 Å². The van der Waals surface area contributed by atoms with Crippen molar-refractivity contribution in [1.29, 1.82) is 0 Å². The lowest BCUT2D eigenvalue weighted by atomic mass is 9.93. The van der Waals surface area contributed by atoms with Crippen LogP contribution in [0.3, 0.4) is 0 Å². The molecule has 0 aliphatic carbocycles. The van der Waals surface area contributed by atoms with Crippen molar-refractivity contribution < 1.29 is 4.79 Å². The predicted octanol–water partition coefficient (Wildman–Crippen LogP) is 0.697. The number of imidazole rings is 1. The predicted molar refractivity (Wildman–Crippen MR) is 91.2 cm³/mol. The molecule has 2 N–H and O–H groups in total. The van der Waals surface area contributed by atoms with Gasteiger partial charge in [-0.2, -0.15) is 0 Å². The molecule has 0 unspecified atom stereocenters. The molecule has 1 saturated heterocycles. The van der Waals surface area contributed by atoms with Crippen LogP contribution in [-0.4, -0.2) is 60.0 Å². The molecule has 1 amide bonds. The maximum Gasteiger partial charge on any atom is 0.220 e. The Hall–Kier alpha value is -2.05. The van der Waals surface area contributed by atoms with E-state index < -0.39 is 0 Å². The van der Waals surface area contributed by atoms with Crippen molar-refractivity contribution >= 4 is 11.9 Å². The minimum Gasteiger partial charge on any atom is -0.359 e. The zero-order valence-corrected chi connectivity index (χ0v) is 14.2. The number of amides is 1. The van der Waals surface area contributed by atoms with E-state index in [0.717, 1.165) is 51.4 Å². The standard InChI is InChI=1S/C16H28N6O/c1-17-15(23)12-14-4-9-22(10-5-14)16(18-2)20-6-3-8-21-11-7-19-13-21/h7,11,13-14H,3-6,8-10,12H2,1-2H3,(H,17,23)(H,18,20). The number of aliphatic imine (C=N–C) groups is 1. The van der Waals surface area contributed by atoms with Crippen molar-refractivity contribution in [3.8, 4) is 0 Å². The van der Waals surface area contributed by atoms with E-state index in [2.05, 4.69) is 30.1 Å². The number of hydrogen-bond donors (Lipinski definition) is 2. The number of guanidine groups is 1. The number of aryl methyl sites for hydroxylation is 1. The van der Waals surface area contributed by atoms with Crippen LogP contribution in [0.25, 0.3) is 0 Å². The summed E-state index contributed by atoms with van der Waals surface area (Å²) in [5, 5.41) is 6.14. The van der Waals surface area contributed by atoms with Gasteiger partial charge in [0.25, 0.3) is 0 Å². The van der Waals surface area contributed by atoms with Crippen molar-refractivity contribution in [3.63, 3.8) is 0 Å². The first kappa shape index (κ1) is 17.3. The van der Waals surface area contributed by atoms with Gasteiger partial charge in [0.15, 0.2) is 5.96 Å². The molecular weight excluding hydrogens is 292 g/mol. The topological polar surface area (TPSA) is 74.5 Å². The maximum absolute atomic E-state index is 11.5. The molecule has 0 saturated carbocycles. The Morgan fingerprint density at radius 3 is 2.78 bits per heavy atom. The molecule has 1 aromatic heterocycles. The minimum absolute atomic E-state index is 0.144. The third-order valence-corrected chi connectivity index (χ3v) is 4.31. The number of nitrogens with one attached hydrogen (secondary N) is 2. The number of rotatable bonds is 6. The molecule has 0 bridgehead atoms. The van der Waals surface area contributed by atoms with Crippen LogP contribution in [0.2, 0.25) is 0 Å². The summed E-state index contributed by atoms with van der Waals surface area (Å²) in [4.78, 5) is 22.2. The third kappa shape index (κ3) is 5.58. The molecule has 23 heavy (non-hydrogen) atoms. The van der Waals surface area contributed by atoms with Gasteiger partial charge in [0.2, 0.25) is 5.91 Å². The summed E-state index contributed by atoms with van der Waals surface area (Å²) >= 11 is 0. The van der Waals surface area contributed by atoms with Gasteiger partial charge in [0, 0.05) is 59.1 Å². The first-order chi connectivity index (χ1) is 11.2. The highest BCUT2D eigenvalue weighted by atomic mass is 16.1. The van der Waals surface area contributed by atoms with Gasteiger partial charge < -0.3 is 20.1 Å². The lowest BCUT2D eigenvalue weighted by Crippen LogP contribution is -2.46.